The zero-order valence-electron chi connectivity index (χ0n) is 12.6. The summed E-state index contributed by atoms with van der Waals surface area (Å²) in [6, 6.07) is 18.1. The molecule has 3 aromatic rings. The number of aromatic nitrogens is 3. The van der Waals surface area contributed by atoms with Crippen LogP contribution >= 0.6 is 0 Å². The van der Waals surface area contributed by atoms with E-state index in [1.807, 2.05) is 59.2 Å². The minimum atomic E-state index is -0.532. The molecule has 3 N–H and O–H groups in total. The molecule has 0 radical (unpaired) electrons. The molecular formula is C17H15N5O2. The van der Waals surface area contributed by atoms with Crippen molar-refractivity contribution in [2.24, 2.45) is 10.7 Å². The lowest BCUT2D eigenvalue weighted by molar-refractivity contribution is -0.122. The first-order valence-corrected chi connectivity index (χ1v) is 7.22. The molecule has 1 atom stereocenters. The van der Waals surface area contributed by atoms with E-state index in [4.69, 9.17) is 15.6 Å². The van der Waals surface area contributed by atoms with E-state index >= 15 is 0 Å². The van der Waals surface area contributed by atoms with Crippen LogP contribution in [0.25, 0.3) is 5.69 Å². The number of para-hydroxylation sites is 1. The van der Waals surface area contributed by atoms with Gasteiger partial charge in [0.05, 0.1) is 11.4 Å². The summed E-state index contributed by atoms with van der Waals surface area (Å²) in [5.41, 5.74) is 10.1. The van der Waals surface area contributed by atoms with Crippen LogP contribution < -0.4 is 5.73 Å². The number of rotatable bonds is 1. The van der Waals surface area contributed by atoms with Gasteiger partial charge in [0.1, 0.15) is 6.33 Å². The molecule has 7 nitrogen and oxygen atoms in total. The van der Waals surface area contributed by atoms with Gasteiger partial charge in [0.2, 0.25) is 0 Å². The number of aliphatic imine (C=N–C) groups is 1. The molecule has 0 fully saturated rings. The van der Waals surface area contributed by atoms with Gasteiger partial charge in [-0.15, -0.1) is 10.2 Å². The molecule has 0 saturated carbocycles. The van der Waals surface area contributed by atoms with Gasteiger partial charge in [-0.3, -0.25) is 14.4 Å². The number of hydrogen-bond acceptors (Lipinski definition) is 5. The molecule has 120 valence electrons. The van der Waals surface area contributed by atoms with E-state index in [1.54, 1.807) is 6.33 Å². The lowest BCUT2D eigenvalue weighted by Crippen LogP contribution is -2.13. The molecule has 0 bridgehead atoms. The van der Waals surface area contributed by atoms with Crippen LogP contribution in [0.2, 0.25) is 0 Å². The Bertz CT molecular complexity index is 873. The van der Waals surface area contributed by atoms with E-state index in [2.05, 4.69) is 15.2 Å². The molecule has 1 aliphatic rings. The predicted molar refractivity (Wildman–Crippen MR) is 89.1 cm³/mol. The first kappa shape index (κ1) is 15.6. The summed E-state index contributed by atoms with van der Waals surface area (Å²) >= 11 is 0. The van der Waals surface area contributed by atoms with Gasteiger partial charge in [-0.05, 0) is 6.07 Å². The van der Waals surface area contributed by atoms with Crippen molar-refractivity contribution in [1.82, 2.24) is 14.8 Å². The highest BCUT2D eigenvalue weighted by Gasteiger charge is 2.23. The van der Waals surface area contributed by atoms with Crippen LogP contribution in [0.5, 0.6) is 0 Å². The lowest BCUT2D eigenvalue weighted by Gasteiger charge is -2.10. The van der Waals surface area contributed by atoms with Crippen molar-refractivity contribution in [3.05, 3.63) is 77.9 Å². The Morgan fingerprint density at radius 1 is 1.08 bits per heavy atom. The van der Waals surface area contributed by atoms with Gasteiger partial charge in [0.25, 0.3) is 6.47 Å². The van der Waals surface area contributed by atoms with Crippen molar-refractivity contribution in [3.8, 4) is 5.69 Å². The molecule has 1 aromatic heterocycles. The average Bonchev–Trinajstić information content (AvgIpc) is 3.07. The maximum absolute atomic E-state index is 8.36. The minimum absolute atomic E-state index is 0.250. The van der Waals surface area contributed by atoms with Crippen molar-refractivity contribution in [1.29, 1.82) is 0 Å². The Hall–Kier alpha value is -3.32. The molecule has 1 aliphatic heterocycles. The van der Waals surface area contributed by atoms with Gasteiger partial charge in [-0.2, -0.15) is 0 Å². The predicted octanol–water partition coefficient (Wildman–Crippen LogP) is 1.78. The largest absolute Gasteiger partial charge is 0.483 e. The summed E-state index contributed by atoms with van der Waals surface area (Å²) in [4.78, 5) is 13.0. The summed E-state index contributed by atoms with van der Waals surface area (Å²) in [5.74, 6) is 0.647. The smallest absolute Gasteiger partial charge is 0.290 e. The third-order valence-corrected chi connectivity index (χ3v) is 3.57. The van der Waals surface area contributed by atoms with E-state index in [0.717, 1.165) is 22.5 Å². The third-order valence-electron chi connectivity index (χ3n) is 3.57. The zero-order valence-corrected chi connectivity index (χ0v) is 12.6. The number of carboxylic acid groups (broad SMARTS) is 1. The Morgan fingerprint density at radius 2 is 1.75 bits per heavy atom. The highest BCUT2D eigenvalue weighted by molar-refractivity contribution is 6.15. The summed E-state index contributed by atoms with van der Waals surface area (Å²) in [6.07, 6.45) is 1.15. The zero-order chi connectivity index (χ0) is 16.9. The topological polar surface area (TPSA) is 106 Å². The molecule has 1 unspecified atom stereocenters. The first-order valence-electron chi connectivity index (χ1n) is 7.22. The van der Waals surface area contributed by atoms with Gasteiger partial charge < -0.3 is 10.8 Å². The van der Waals surface area contributed by atoms with Crippen molar-refractivity contribution in [2.75, 3.05) is 0 Å². The van der Waals surface area contributed by atoms with Gasteiger partial charge in [-0.25, -0.2) is 0 Å². The van der Waals surface area contributed by atoms with Crippen LogP contribution in [-0.2, 0) is 4.79 Å². The van der Waals surface area contributed by atoms with E-state index in [0.29, 0.717) is 5.82 Å². The van der Waals surface area contributed by atoms with Crippen LogP contribution in [-0.4, -0.2) is 32.1 Å². The Labute approximate surface area is 138 Å². The molecule has 24 heavy (non-hydrogen) atoms. The lowest BCUT2D eigenvalue weighted by atomic mass is 10.0. The van der Waals surface area contributed by atoms with Gasteiger partial charge in [-0.1, -0.05) is 48.5 Å². The van der Waals surface area contributed by atoms with Crippen molar-refractivity contribution in [2.45, 2.75) is 6.17 Å². The molecule has 2 aromatic carbocycles. The molecular weight excluding hydrogens is 306 g/mol. The number of benzene rings is 2. The Kier molecular flexibility index (Phi) is 4.44. The average molecular weight is 321 g/mol. The van der Waals surface area contributed by atoms with Crippen molar-refractivity contribution >= 4 is 12.2 Å². The number of nitrogens with zero attached hydrogens (tertiary/aromatic N) is 4. The fourth-order valence-corrected chi connectivity index (χ4v) is 2.61. The Balaban J connectivity index is 0.000000526. The SMILES string of the molecule is NC1N=C(c2ccccc2)c2ccccc2-n2cnnc21.O=CO. The summed E-state index contributed by atoms with van der Waals surface area (Å²) in [7, 11) is 0. The second kappa shape index (κ2) is 6.84. The molecule has 0 spiro atoms. The third kappa shape index (κ3) is 2.80. The number of nitrogens with two attached hydrogens (primary N) is 1. The Morgan fingerprint density at radius 3 is 2.50 bits per heavy atom. The fourth-order valence-electron chi connectivity index (χ4n) is 2.61. The van der Waals surface area contributed by atoms with Crippen LogP contribution in [0.1, 0.15) is 23.1 Å². The van der Waals surface area contributed by atoms with Crippen LogP contribution in [0, 0.1) is 0 Å². The monoisotopic (exact) mass is 321 g/mol. The van der Waals surface area contributed by atoms with E-state index < -0.39 is 6.17 Å². The highest BCUT2D eigenvalue weighted by Crippen LogP contribution is 2.26. The standard InChI is InChI=1S/C16H13N5.CH2O2/c17-15-16-20-18-10-21(16)13-9-5-4-8-12(13)14(19-15)11-6-2-1-3-7-11;2-1-3/h1-10,15H,17H2;1H,(H,2,3). The number of hydrogen-bond donors (Lipinski definition) is 2. The first-order chi connectivity index (χ1) is 11.8. The summed E-state index contributed by atoms with van der Waals surface area (Å²) in [6.45, 7) is -0.250. The van der Waals surface area contributed by atoms with Crippen LogP contribution in [0.4, 0.5) is 0 Å². The quantitative estimate of drug-likeness (QED) is 0.664. The van der Waals surface area contributed by atoms with E-state index in [1.165, 1.54) is 0 Å². The van der Waals surface area contributed by atoms with E-state index in [9.17, 15) is 0 Å². The highest BCUT2D eigenvalue weighted by atomic mass is 16.3. The van der Waals surface area contributed by atoms with Gasteiger partial charge in [0.15, 0.2) is 12.0 Å². The van der Waals surface area contributed by atoms with Gasteiger partial charge in [0, 0.05) is 11.1 Å². The fraction of sp³-hybridized carbons (Fsp3) is 0.0588. The summed E-state index contributed by atoms with van der Waals surface area (Å²) < 4.78 is 1.90. The van der Waals surface area contributed by atoms with Gasteiger partial charge >= 0.3 is 0 Å². The maximum Gasteiger partial charge on any atom is 0.290 e. The molecule has 0 amide bonds. The minimum Gasteiger partial charge on any atom is -0.483 e. The second-order valence-corrected chi connectivity index (χ2v) is 4.97. The second-order valence-electron chi connectivity index (χ2n) is 4.97. The van der Waals surface area contributed by atoms with Crippen LogP contribution in [0.15, 0.2) is 65.9 Å². The number of carbonyl (C=O) groups is 1. The summed E-state index contributed by atoms with van der Waals surface area (Å²) in [5, 5.41) is 15.0. The maximum atomic E-state index is 8.36. The van der Waals surface area contributed by atoms with E-state index in [-0.39, 0.29) is 6.47 Å². The molecule has 7 heteroatoms. The van der Waals surface area contributed by atoms with Crippen molar-refractivity contribution in [3.63, 3.8) is 0 Å². The molecule has 2 heterocycles. The normalized spacial score (nSPS) is 15.0. The molecule has 4 rings (SSSR count). The van der Waals surface area contributed by atoms with Crippen LogP contribution in [0.3, 0.4) is 0 Å². The molecule has 0 saturated heterocycles. The number of fused-ring (bicyclic) bond motifs is 3. The van der Waals surface area contributed by atoms with Crippen molar-refractivity contribution < 1.29 is 9.90 Å². The molecule has 0 aliphatic carbocycles.